The van der Waals surface area contributed by atoms with Crippen molar-refractivity contribution in [2.45, 2.75) is 32.4 Å². The number of hydrogen-bond acceptors (Lipinski definition) is 6. The Bertz CT molecular complexity index is 1050. The summed E-state index contributed by atoms with van der Waals surface area (Å²) in [5, 5.41) is 27.0. The first-order chi connectivity index (χ1) is 14.9. The van der Waals surface area contributed by atoms with E-state index in [4.69, 9.17) is 9.47 Å². The summed E-state index contributed by atoms with van der Waals surface area (Å²) in [5.41, 5.74) is 1.33. The molecule has 1 aromatic heterocycles. The minimum atomic E-state index is -0.958. The fourth-order valence-electron chi connectivity index (χ4n) is 3.43. The Kier molecular flexibility index (Phi) is 6.56. The molecule has 1 aliphatic rings. The van der Waals surface area contributed by atoms with Gasteiger partial charge in [0.1, 0.15) is 28.9 Å². The zero-order chi connectivity index (χ0) is 22.5. The standard InChI is InChI=1S/C22H25N5O4/c1-14(2)24-21-19(12-23)20(25-27(21)16-7-8-26(13-16)22(28)29)6-5-15-9-17(30-3)11-18(10-15)31-4/h9-11,14,16,24H,7-8,13H2,1-4H3,(H,28,29). The van der Waals surface area contributed by atoms with Gasteiger partial charge in [0, 0.05) is 30.8 Å². The lowest BCUT2D eigenvalue weighted by molar-refractivity contribution is 0.154. The molecule has 1 atom stereocenters. The maximum absolute atomic E-state index is 11.3. The highest BCUT2D eigenvalue weighted by Crippen LogP contribution is 2.29. The van der Waals surface area contributed by atoms with Gasteiger partial charge in [0.25, 0.3) is 0 Å². The molecule has 1 unspecified atom stereocenters. The van der Waals surface area contributed by atoms with Crippen LogP contribution in [0.5, 0.6) is 11.5 Å². The van der Waals surface area contributed by atoms with E-state index in [-0.39, 0.29) is 12.1 Å². The first kappa shape index (κ1) is 21.8. The van der Waals surface area contributed by atoms with Crippen LogP contribution in [0, 0.1) is 23.2 Å². The molecule has 1 fully saturated rings. The molecule has 1 aromatic carbocycles. The van der Waals surface area contributed by atoms with E-state index in [1.54, 1.807) is 37.1 Å². The van der Waals surface area contributed by atoms with Gasteiger partial charge in [-0.3, -0.25) is 0 Å². The number of amides is 1. The number of carboxylic acid groups (broad SMARTS) is 1. The summed E-state index contributed by atoms with van der Waals surface area (Å²) >= 11 is 0. The Morgan fingerprint density at radius 2 is 1.94 bits per heavy atom. The summed E-state index contributed by atoms with van der Waals surface area (Å²) in [7, 11) is 3.13. The Morgan fingerprint density at radius 3 is 2.45 bits per heavy atom. The van der Waals surface area contributed by atoms with E-state index >= 15 is 0 Å². The van der Waals surface area contributed by atoms with Gasteiger partial charge in [-0.1, -0.05) is 5.92 Å². The Labute approximate surface area is 181 Å². The topological polar surface area (TPSA) is 113 Å². The highest BCUT2D eigenvalue weighted by molar-refractivity contribution is 5.65. The van der Waals surface area contributed by atoms with E-state index in [1.165, 1.54) is 4.90 Å². The van der Waals surface area contributed by atoms with Gasteiger partial charge < -0.3 is 24.8 Å². The predicted octanol–water partition coefficient (Wildman–Crippen LogP) is 2.92. The van der Waals surface area contributed by atoms with Crippen LogP contribution in [0.25, 0.3) is 0 Å². The second kappa shape index (κ2) is 9.31. The van der Waals surface area contributed by atoms with Crippen LogP contribution in [-0.4, -0.2) is 59.2 Å². The van der Waals surface area contributed by atoms with Crippen LogP contribution < -0.4 is 14.8 Å². The fraction of sp³-hybridized carbons (Fsp3) is 0.409. The van der Waals surface area contributed by atoms with Gasteiger partial charge in [0.15, 0.2) is 5.69 Å². The van der Waals surface area contributed by atoms with Gasteiger partial charge >= 0.3 is 6.09 Å². The van der Waals surface area contributed by atoms with Gasteiger partial charge in [-0.25, -0.2) is 9.48 Å². The van der Waals surface area contributed by atoms with Crippen molar-refractivity contribution in [3.05, 3.63) is 35.0 Å². The van der Waals surface area contributed by atoms with Crippen molar-refractivity contribution in [3.63, 3.8) is 0 Å². The van der Waals surface area contributed by atoms with Crippen molar-refractivity contribution < 1.29 is 19.4 Å². The number of rotatable bonds is 5. The van der Waals surface area contributed by atoms with Gasteiger partial charge in [-0.2, -0.15) is 10.4 Å². The van der Waals surface area contributed by atoms with E-state index in [2.05, 4.69) is 28.3 Å². The third-order valence-corrected chi connectivity index (χ3v) is 4.90. The van der Waals surface area contributed by atoms with Crippen molar-refractivity contribution in [2.24, 2.45) is 0 Å². The van der Waals surface area contributed by atoms with Crippen molar-refractivity contribution >= 4 is 11.9 Å². The number of nitriles is 1. The highest BCUT2D eigenvalue weighted by Gasteiger charge is 2.31. The maximum Gasteiger partial charge on any atom is 0.407 e. The molecule has 2 aromatic rings. The number of methoxy groups -OCH3 is 2. The smallest absolute Gasteiger partial charge is 0.407 e. The molecule has 1 saturated heterocycles. The summed E-state index contributed by atoms with van der Waals surface area (Å²) in [6.07, 6.45) is -0.341. The van der Waals surface area contributed by atoms with Crippen LogP contribution in [0.15, 0.2) is 18.2 Å². The zero-order valence-electron chi connectivity index (χ0n) is 18.0. The first-order valence-corrected chi connectivity index (χ1v) is 9.88. The zero-order valence-corrected chi connectivity index (χ0v) is 18.0. The maximum atomic E-state index is 11.3. The number of hydrogen-bond donors (Lipinski definition) is 2. The summed E-state index contributed by atoms with van der Waals surface area (Å²) in [6.45, 7) is 4.66. The number of ether oxygens (including phenoxy) is 2. The minimum absolute atomic E-state index is 0.0583. The average molecular weight is 423 g/mol. The van der Waals surface area contributed by atoms with Crippen LogP contribution in [0.2, 0.25) is 0 Å². The number of nitrogens with zero attached hydrogens (tertiary/aromatic N) is 4. The molecule has 2 heterocycles. The Morgan fingerprint density at radius 1 is 1.26 bits per heavy atom. The van der Waals surface area contributed by atoms with Crippen LogP contribution in [0.4, 0.5) is 10.6 Å². The number of likely N-dealkylation sites (tertiary alicyclic amines) is 1. The monoisotopic (exact) mass is 423 g/mol. The summed E-state index contributed by atoms with van der Waals surface area (Å²) in [5.74, 6) is 7.79. The van der Waals surface area contributed by atoms with E-state index < -0.39 is 6.09 Å². The summed E-state index contributed by atoms with van der Waals surface area (Å²) in [6, 6.07) is 7.38. The fourth-order valence-corrected chi connectivity index (χ4v) is 3.43. The summed E-state index contributed by atoms with van der Waals surface area (Å²) < 4.78 is 12.3. The Balaban J connectivity index is 2.03. The van der Waals surface area contributed by atoms with Crippen LogP contribution in [0.3, 0.4) is 0 Å². The molecule has 1 aliphatic heterocycles. The molecule has 0 aliphatic carbocycles. The van der Waals surface area contributed by atoms with Gasteiger partial charge in [-0.05, 0) is 38.3 Å². The largest absolute Gasteiger partial charge is 0.497 e. The van der Waals surface area contributed by atoms with Crippen LogP contribution in [0.1, 0.15) is 43.1 Å². The molecule has 2 N–H and O–H groups in total. The molecule has 31 heavy (non-hydrogen) atoms. The SMILES string of the molecule is COc1cc(C#Cc2nn(C3CCN(C(=O)O)C3)c(NC(C)C)c2C#N)cc(OC)c1. The van der Waals surface area contributed by atoms with Gasteiger partial charge in [0.05, 0.1) is 20.3 Å². The molecule has 162 valence electrons. The highest BCUT2D eigenvalue weighted by atomic mass is 16.5. The number of carbonyl (C=O) groups is 1. The molecule has 0 saturated carbocycles. The molecule has 0 bridgehead atoms. The van der Waals surface area contributed by atoms with Crippen molar-refractivity contribution in [3.8, 4) is 29.4 Å². The summed E-state index contributed by atoms with van der Waals surface area (Å²) in [4.78, 5) is 12.7. The lowest BCUT2D eigenvalue weighted by atomic mass is 10.1. The van der Waals surface area contributed by atoms with E-state index in [1.807, 2.05) is 13.8 Å². The lowest BCUT2D eigenvalue weighted by Gasteiger charge is -2.18. The van der Waals surface area contributed by atoms with E-state index in [0.717, 1.165) is 0 Å². The Hall–Kier alpha value is -3.85. The molecule has 1 amide bonds. The number of benzene rings is 1. The van der Waals surface area contributed by atoms with Crippen molar-refractivity contribution in [1.29, 1.82) is 5.26 Å². The molecular formula is C22H25N5O4. The molecular weight excluding hydrogens is 398 g/mol. The van der Waals surface area contributed by atoms with Gasteiger partial charge in [-0.15, -0.1) is 0 Å². The van der Waals surface area contributed by atoms with Crippen LogP contribution in [-0.2, 0) is 0 Å². The molecule has 9 nitrogen and oxygen atoms in total. The van der Waals surface area contributed by atoms with Gasteiger partial charge in [0.2, 0.25) is 0 Å². The average Bonchev–Trinajstić information content (AvgIpc) is 3.36. The van der Waals surface area contributed by atoms with Crippen LogP contribution >= 0.6 is 0 Å². The molecule has 3 rings (SSSR count). The number of nitrogens with one attached hydrogen (secondary N) is 1. The normalized spacial score (nSPS) is 15.2. The van der Waals surface area contributed by atoms with E-state index in [0.29, 0.717) is 53.6 Å². The molecule has 0 radical (unpaired) electrons. The predicted molar refractivity (Wildman–Crippen MR) is 114 cm³/mol. The second-order valence-corrected chi connectivity index (χ2v) is 7.45. The quantitative estimate of drug-likeness (QED) is 0.711. The third kappa shape index (κ3) is 4.84. The van der Waals surface area contributed by atoms with Crippen molar-refractivity contribution in [2.75, 3.05) is 32.6 Å². The lowest BCUT2D eigenvalue weighted by Crippen LogP contribution is -2.28. The number of anilines is 1. The van der Waals surface area contributed by atoms with E-state index in [9.17, 15) is 15.2 Å². The minimum Gasteiger partial charge on any atom is -0.497 e. The second-order valence-electron chi connectivity index (χ2n) is 7.45. The third-order valence-electron chi connectivity index (χ3n) is 4.90. The molecule has 9 heteroatoms. The molecule has 0 spiro atoms. The number of aromatic nitrogens is 2. The first-order valence-electron chi connectivity index (χ1n) is 9.88. The van der Waals surface area contributed by atoms with Crippen molar-refractivity contribution in [1.82, 2.24) is 14.7 Å².